The number of carbonyl (C=O) groups is 1. The second kappa shape index (κ2) is 9.64. The second-order valence-electron chi connectivity index (χ2n) is 5.10. The molecule has 4 N–H and O–H groups in total. The maximum Gasteiger partial charge on any atom is 0.335 e. The maximum absolute atomic E-state index is 10.3. The number of nitrogens with one attached hydrogen (secondary N) is 1. The number of rotatable bonds is 3. The normalized spacial score (nSPS) is 9.89. The van der Waals surface area contributed by atoms with Gasteiger partial charge in [-0.3, -0.25) is 0 Å². The fourth-order valence-electron chi connectivity index (χ4n) is 1.13. The third-order valence-corrected chi connectivity index (χ3v) is 2.06. The van der Waals surface area contributed by atoms with E-state index in [1.165, 1.54) is 18.6 Å². The molecule has 0 aromatic heterocycles. The van der Waals surface area contributed by atoms with Crippen LogP contribution in [0, 0.1) is 0 Å². The highest BCUT2D eigenvalue weighted by Crippen LogP contribution is 2.04. The van der Waals surface area contributed by atoms with Gasteiger partial charge in [-0.15, -0.1) is 12.4 Å². The Kier molecular flexibility index (Phi) is 10.2. The van der Waals surface area contributed by atoms with Crippen molar-refractivity contribution in [2.24, 2.45) is 0 Å². The Labute approximate surface area is 121 Å². The Hall–Kier alpha value is -1.26. The highest BCUT2D eigenvalue weighted by atomic mass is 35.5. The third-order valence-electron chi connectivity index (χ3n) is 2.06. The first-order valence-corrected chi connectivity index (χ1v) is 6.10. The zero-order valence-corrected chi connectivity index (χ0v) is 12.9. The van der Waals surface area contributed by atoms with Crippen molar-refractivity contribution in [2.45, 2.75) is 39.7 Å². The largest absolute Gasteiger partial charge is 0.478 e. The predicted octanol–water partition coefficient (Wildman–Crippen LogP) is 3.17. The lowest BCUT2D eigenvalue weighted by Crippen LogP contribution is -2.36. The average molecular weight is 289 g/mol. The molecule has 0 heterocycles. The molecule has 0 amide bonds. The number of benzene rings is 1. The number of anilines is 1. The zero-order chi connectivity index (χ0) is 14.2. The fourth-order valence-corrected chi connectivity index (χ4v) is 1.13. The quantitative estimate of drug-likeness (QED) is 0.747. The molecule has 0 saturated heterocycles. The van der Waals surface area contributed by atoms with Gasteiger partial charge in [0.25, 0.3) is 0 Å². The summed E-state index contributed by atoms with van der Waals surface area (Å²) < 4.78 is 0. The van der Waals surface area contributed by atoms with Crippen LogP contribution in [0.1, 0.15) is 44.5 Å². The molecule has 0 fully saturated rings. The smallest absolute Gasteiger partial charge is 0.335 e. The van der Waals surface area contributed by atoms with Crippen molar-refractivity contribution in [1.82, 2.24) is 5.32 Å². The third kappa shape index (κ3) is 11.6. The van der Waals surface area contributed by atoms with Crippen LogP contribution < -0.4 is 11.1 Å². The summed E-state index contributed by atoms with van der Waals surface area (Å²) in [4.78, 5) is 10.3. The van der Waals surface area contributed by atoms with E-state index in [0.29, 0.717) is 11.2 Å². The summed E-state index contributed by atoms with van der Waals surface area (Å²) in [5.74, 6) is -0.931. The molecule has 0 aliphatic carbocycles. The van der Waals surface area contributed by atoms with Crippen LogP contribution in [0.5, 0.6) is 0 Å². The summed E-state index contributed by atoms with van der Waals surface area (Å²) >= 11 is 0. The highest BCUT2D eigenvalue weighted by molar-refractivity contribution is 5.87. The Morgan fingerprint density at radius 2 is 1.74 bits per heavy atom. The molecule has 0 spiro atoms. The van der Waals surface area contributed by atoms with Crippen molar-refractivity contribution >= 4 is 24.1 Å². The van der Waals surface area contributed by atoms with Gasteiger partial charge in [0.1, 0.15) is 0 Å². The van der Waals surface area contributed by atoms with Crippen molar-refractivity contribution in [2.75, 3.05) is 12.3 Å². The van der Waals surface area contributed by atoms with Gasteiger partial charge in [0.05, 0.1) is 5.56 Å². The minimum absolute atomic E-state index is 0. The lowest BCUT2D eigenvalue weighted by molar-refractivity contribution is 0.0697. The van der Waals surface area contributed by atoms with Crippen LogP contribution in [0.3, 0.4) is 0 Å². The Bertz CT molecular complexity index is 359. The van der Waals surface area contributed by atoms with Crippen molar-refractivity contribution < 1.29 is 9.90 Å². The van der Waals surface area contributed by atoms with Gasteiger partial charge >= 0.3 is 5.97 Å². The first-order valence-electron chi connectivity index (χ1n) is 6.10. The molecule has 0 bridgehead atoms. The van der Waals surface area contributed by atoms with Gasteiger partial charge in [-0.25, -0.2) is 4.79 Å². The summed E-state index contributed by atoms with van der Waals surface area (Å²) in [5.41, 5.74) is 6.47. The van der Waals surface area contributed by atoms with E-state index in [1.54, 1.807) is 12.1 Å². The zero-order valence-electron chi connectivity index (χ0n) is 12.1. The van der Waals surface area contributed by atoms with E-state index in [-0.39, 0.29) is 18.0 Å². The van der Waals surface area contributed by atoms with E-state index in [9.17, 15) is 4.79 Å². The highest BCUT2D eigenvalue weighted by Gasteiger charge is 2.05. The molecule has 0 aliphatic heterocycles. The molecule has 0 aliphatic rings. The molecule has 19 heavy (non-hydrogen) atoms. The summed E-state index contributed by atoms with van der Waals surface area (Å²) in [5, 5.41) is 11.8. The van der Waals surface area contributed by atoms with Crippen LogP contribution in [0.15, 0.2) is 24.3 Å². The van der Waals surface area contributed by atoms with Crippen molar-refractivity contribution in [1.29, 1.82) is 0 Å². The number of carboxylic acid groups (broad SMARTS) is 1. The number of nitrogens with two attached hydrogens (primary N) is 1. The maximum atomic E-state index is 10.3. The van der Waals surface area contributed by atoms with Crippen LogP contribution in [0.25, 0.3) is 0 Å². The van der Waals surface area contributed by atoms with Gasteiger partial charge in [0, 0.05) is 11.2 Å². The molecule has 0 radical (unpaired) electrons. The second-order valence-corrected chi connectivity index (χ2v) is 5.10. The lowest BCUT2D eigenvalue weighted by Gasteiger charge is -2.19. The average Bonchev–Trinajstić information content (AvgIpc) is 2.27. The fraction of sp³-hybridized carbons (Fsp3) is 0.500. The topological polar surface area (TPSA) is 75.3 Å². The van der Waals surface area contributed by atoms with Crippen LogP contribution in [0.4, 0.5) is 5.69 Å². The van der Waals surface area contributed by atoms with Gasteiger partial charge in [0.15, 0.2) is 0 Å². The number of hydrogen-bond acceptors (Lipinski definition) is 3. The number of carboxylic acids is 1. The first-order chi connectivity index (χ1) is 8.26. The molecule has 1 rings (SSSR count). The summed E-state index contributed by atoms with van der Waals surface area (Å²) in [6.45, 7) is 9.86. The minimum Gasteiger partial charge on any atom is -0.478 e. The summed E-state index contributed by atoms with van der Waals surface area (Å²) in [6, 6.07) is 6.06. The molecule has 1 aromatic rings. The Balaban J connectivity index is 0. The molecule has 110 valence electrons. The van der Waals surface area contributed by atoms with E-state index in [4.69, 9.17) is 10.8 Å². The van der Waals surface area contributed by atoms with Crippen molar-refractivity contribution in [3.8, 4) is 0 Å². The molecule has 0 saturated carbocycles. The number of aromatic carboxylic acids is 1. The molecular formula is C14H25ClN2O2. The molecular weight excluding hydrogens is 264 g/mol. The van der Waals surface area contributed by atoms with Crippen LogP contribution in [-0.2, 0) is 0 Å². The van der Waals surface area contributed by atoms with Crippen molar-refractivity contribution in [3.05, 3.63) is 29.8 Å². The van der Waals surface area contributed by atoms with Crippen LogP contribution >= 0.6 is 12.4 Å². The number of nitrogen functional groups attached to an aromatic ring is 1. The number of halogens is 1. The standard InChI is InChI=1S/C7H7NO2.C7H17N.ClH/c8-6-3-1-5(2-4-6)7(9)10;1-5-6-8-7(2,3)4;/h1-4H,8H2,(H,9,10);8H,5-6H2,1-4H3;1H. The van der Waals surface area contributed by atoms with Gasteiger partial charge in [-0.05, 0) is 58.0 Å². The van der Waals surface area contributed by atoms with Crippen LogP contribution in [0.2, 0.25) is 0 Å². The molecule has 5 heteroatoms. The number of hydrogen-bond donors (Lipinski definition) is 3. The SMILES string of the molecule is CCCNC(C)(C)C.Cl.Nc1ccc(C(=O)O)cc1. The molecule has 4 nitrogen and oxygen atoms in total. The van der Waals surface area contributed by atoms with E-state index in [2.05, 4.69) is 33.0 Å². The van der Waals surface area contributed by atoms with Gasteiger partial charge in [-0.1, -0.05) is 6.92 Å². The Morgan fingerprint density at radius 1 is 1.26 bits per heavy atom. The van der Waals surface area contributed by atoms with E-state index in [0.717, 1.165) is 6.54 Å². The molecule has 0 atom stereocenters. The monoisotopic (exact) mass is 288 g/mol. The van der Waals surface area contributed by atoms with E-state index in [1.807, 2.05) is 0 Å². The van der Waals surface area contributed by atoms with Gasteiger partial charge in [0.2, 0.25) is 0 Å². The van der Waals surface area contributed by atoms with Crippen molar-refractivity contribution in [3.63, 3.8) is 0 Å². The minimum atomic E-state index is -0.931. The van der Waals surface area contributed by atoms with E-state index < -0.39 is 5.97 Å². The lowest BCUT2D eigenvalue weighted by atomic mass is 10.1. The molecule has 0 unspecified atom stereocenters. The molecule has 1 aromatic carbocycles. The first kappa shape index (κ1) is 20.1. The summed E-state index contributed by atoms with van der Waals surface area (Å²) in [6.07, 6.45) is 1.22. The van der Waals surface area contributed by atoms with E-state index >= 15 is 0 Å². The van der Waals surface area contributed by atoms with Gasteiger partial charge < -0.3 is 16.2 Å². The predicted molar refractivity (Wildman–Crippen MR) is 83.1 cm³/mol. The van der Waals surface area contributed by atoms with Gasteiger partial charge in [-0.2, -0.15) is 0 Å². The van der Waals surface area contributed by atoms with Crippen LogP contribution in [-0.4, -0.2) is 23.2 Å². The summed E-state index contributed by atoms with van der Waals surface area (Å²) in [7, 11) is 0. The Morgan fingerprint density at radius 3 is 2.00 bits per heavy atom.